The number of thiophene rings is 1. The molecule has 1 amide bonds. The molecule has 0 aliphatic rings. The number of alkyl halides is 3. The lowest BCUT2D eigenvalue weighted by Crippen LogP contribution is -2.30. The highest BCUT2D eigenvalue weighted by Crippen LogP contribution is 2.34. The van der Waals surface area contributed by atoms with E-state index in [9.17, 15) is 22.8 Å². The van der Waals surface area contributed by atoms with E-state index in [2.05, 4.69) is 15.7 Å². The average Bonchev–Trinajstić information content (AvgIpc) is 3.23. The Morgan fingerprint density at radius 3 is 2.50 bits per heavy atom. The Bertz CT molecular complexity index is 1010. The van der Waals surface area contributed by atoms with Gasteiger partial charge in [0.15, 0.2) is 10.8 Å². The van der Waals surface area contributed by atoms with Crippen LogP contribution in [0.2, 0.25) is 0 Å². The maximum atomic E-state index is 12.8. The predicted molar refractivity (Wildman–Crippen MR) is 119 cm³/mol. The van der Waals surface area contributed by atoms with E-state index in [4.69, 9.17) is 17.0 Å². The van der Waals surface area contributed by atoms with Crippen LogP contribution >= 0.6 is 23.6 Å². The number of esters is 1. The number of halogens is 3. The topological polar surface area (TPSA) is 88.5 Å². The van der Waals surface area contributed by atoms with Gasteiger partial charge in [-0.2, -0.15) is 18.3 Å². The van der Waals surface area contributed by atoms with Crippen LogP contribution in [0.15, 0.2) is 6.07 Å². The van der Waals surface area contributed by atoms with Crippen molar-refractivity contribution in [3.8, 4) is 0 Å². The third-order valence-electron chi connectivity index (χ3n) is 4.47. The summed E-state index contributed by atoms with van der Waals surface area (Å²) in [6.07, 6.45) is -4.03. The van der Waals surface area contributed by atoms with E-state index in [0.29, 0.717) is 34.1 Å². The van der Waals surface area contributed by atoms with Crippen molar-refractivity contribution in [3.63, 3.8) is 0 Å². The first kappa shape index (κ1) is 25.6. The molecule has 0 saturated carbocycles. The van der Waals surface area contributed by atoms with Crippen LogP contribution in [0.5, 0.6) is 0 Å². The van der Waals surface area contributed by atoms with Crippen LogP contribution in [0, 0.1) is 13.8 Å². The molecule has 32 heavy (non-hydrogen) atoms. The van der Waals surface area contributed by atoms with Crippen molar-refractivity contribution in [2.75, 3.05) is 33.1 Å². The highest BCUT2D eigenvalue weighted by atomic mass is 32.1. The van der Waals surface area contributed by atoms with Crippen LogP contribution in [0.4, 0.5) is 18.2 Å². The van der Waals surface area contributed by atoms with Crippen LogP contribution in [-0.2, 0) is 17.5 Å². The van der Waals surface area contributed by atoms with Crippen LogP contribution in [-0.4, -0.2) is 59.4 Å². The fraction of sp³-hybridized carbons (Fsp3) is 0.474. The number of aryl methyl sites for hydroxylation is 2. The number of carbonyl (C=O) groups is 2. The number of thiocarbonyl (C=S) groups is 1. The highest BCUT2D eigenvalue weighted by Gasteiger charge is 2.34. The van der Waals surface area contributed by atoms with Crippen molar-refractivity contribution in [2.45, 2.75) is 33.0 Å². The molecule has 0 aromatic carbocycles. The number of amides is 1. The molecule has 0 aliphatic carbocycles. The minimum absolute atomic E-state index is 0.202. The predicted octanol–water partition coefficient (Wildman–Crippen LogP) is 3.45. The van der Waals surface area contributed by atoms with Gasteiger partial charge in [0.25, 0.3) is 5.91 Å². The number of ether oxygens (including phenoxy) is 1. The quantitative estimate of drug-likeness (QED) is 0.349. The van der Waals surface area contributed by atoms with Crippen molar-refractivity contribution in [1.82, 2.24) is 20.0 Å². The molecule has 0 saturated heterocycles. The van der Waals surface area contributed by atoms with Crippen molar-refractivity contribution in [1.29, 1.82) is 0 Å². The normalized spacial score (nSPS) is 11.2. The lowest BCUT2D eigenvalue weighted by molar-refractivity contribution is -0.141. The maximum absolute atomic E-state index is 12.8. The minimum Gasteiger partial charge on any atom is -0.465 e. The average molecular weight is 492 g/mol. The number of rotatable bonds is 7. The van der Waals surface area contributed by atoms with Crippen molar-refractivity contribution < 1.29 is 27.5 Å². The first-order chi connectivity index (χ1) is 14.9. The summed E-state index contributed by atoms with van der Waals surface area (Å²) >= 11 is 6.35. The number of anilines is 1. The maximum Gasteiger partial charge on any atom is 0.435 e. The lowest BCUT2D eigenvalue weighted by Gasteiger charge is -2.11. The smallest absolute Gasteiger partial charge is 0.435 e. The number of hydrogen-bond acceptors (Lipinski definition) is 6. The molecule has 176 valence electrons. The Hall–Kier alpha value is -2.67. The van der Waals surface area contributed by atoms with E-state index >= 15 is 0 Å². The van der Waals surface area contributed by atoms with Gasteiger partial charge in [-0.05, 0) is 44.1 Å². The summed E-state index contributed by atoms with van der Waals surface area (Å²) in [6, 6.07) is 1.000. The van der Waals surface area contributed by atoms with Crippen molar-refractivity contribution >= 4 is 45.5 Å². The Labute approximate surface area is 192 Å². The molecule has 8 nitrogen and oxygen atoms in total. The Balaban J connectivity index is 2.01. The third kappa shape index (κ3) is 5.97. The van der Waals surface area contributed by atoms with Gasteiger partial charge < -0.3 is 20.3 Å². The van der Waals surface area contributed by atoms with Gasteiger partial charge >= 0.3 is 12.1 Å². The standard InChI is InChI=1S/C19H24F3N5O3S2/c1-10-9-12(19(20,21)22)25-27(10)8-6-7-23-18(31)24-15-13(17(29)30-5)11(2)14(32-15)16(28)26(3)4/h9H,6-8H2,1-5H3,(H2,23,24,31). The highest BCUT2D eigenvalue weighted by molar-refractivity contribution is 7.80. The molecule has 2 rings (SSSR count). The number of nitrogens with one attached hydrogen (secondary N) is 2. The molecule has 0 atom stereocenters. The van der Waals surface area contributed by atoms with Gasteiger partial charge in [-0.1, -0.05) is 0 Å². The zero-order valence-electron chi connectivity index (χ0n) is 18.2. The molecule has 2 aromatic heterocycles. The number of nitrogens with zero attached hydrogens (tertiary/aromatic N) is 3. The molecular weight excluding hydrogens is 467 g/mol. The first-order valence-electron chi connectivity index (χ1n) is 9.46. The van der Waals surface area contributed by atoms with Crippen LogP contribution in [0.3, 0.4) is 0 Å². The SMILES string of the molecule is COC(=O)c1c(NC(=S)NCCCn2nc(C(F)(F)F)cc2C)sc(C(=O)N(C)C)c1C. The molecule has 2 N–H and O–H groups in total. The van der Waals surface area contributed by atoms with E-state index < -0.39 is 17.8 Å². The fourth-order valence-electron chi connectivity index (χ4n) is 2.81. The first-order valence-corrected chi connectivity index (χ1v) is 10.7. The largest absolute Gasteiger partial charge is 0.465 e. The summed E-state index contributed by atoms with van der Waals surface area (Å²) in [5, 5.41) is 10.0. The molecule has 0 bridgehead atoms. The van der Waals surface area contributed by atoms with Gasteiger partial charge in [0.05, 0.1) is 17.6 Å². The van der Waals surface area contributed by atoms with Gasteiger partial charge in [0.1, 0.15) is 5.00 Å². The van der Waals surface area contributed by atoms with Gasteiger partial charge in [-0.3, -0.25) is 9.48 Å². The molecule has 0 fully saturated rings. The van der Waals surface area contributed by atoms with Crippen molar-refractivity contribution in [3.05, 3.63) is 33.5 Å². The summed E-state index contributed by atoms with van der Waals surface area (Å²) < 4.78 is 44.4. The molecule has 0 spiro atoms. The molecule has 2 aromatic rings. The summed E-state index contributed by atoms with van der Waals surface area (Å²) in [5.41, 5.74) is 0.193. The number of methoxy groups -OCH3 is 1. The summed E-state index contributed by atoms with van der Waals surface area (Å²) in [6.45, 7) is 3.84. The Morgan fingerprint density at radius 1 is 1.31 bits per heavy atom. The molecule has 2 heterocycles. The van der Waals surface area contributed by atoms with Crippen LogP contribution in [0.25, 0.3) is 0 Å². The van der Waals surface area contributed by atoms with Crippen molar-refractivity contribution in [2.24, 2.45) is 0 Å². The Kier molecular flexibility index (Phi) is 8.24. The molecular formula is C19H24F3N5O3S2. The van der Waals surface area contributed by atoms with E-state index in [1.165, 1.54) is 16.7 Å². The second kappa shape index (κ2) is 10.3. The molecule has 0 aliphatic heterocycles. The molecule has 0 radical (unpaired) electrons. The number of hydrogen-bond donors (Lipinski definition) is 2. The van der Waals surface area contributed by atoms with Crippen LogP contribution in [0.1, 0.15) is 43.4 Å². The number of carbonyl (C=O) groups excluding carboxylic acids is 2. The second-order valence-electron chi connectivity index (χ2n) is 7.08. The van der Waals surface area contributed by atoms with Gasteiger partial charge in [-0.15, -0.1) is 11.3 Å². The fourth-order valence-corrected chi connectivity index (χ4v) is 4.30. The van der Waals surface area contributed by atoms with E-state index in [1.54, 1.807) is 27.9 Å². The Morgan fingerprint density at radius 2 is 1.97 bits per heavy atom. The minimum atomic E-state index is -4.48. The monoisotopic (exact) mass is 491 g/mol. The lowest BCUT2D eigenvalue weighted by atomic mass is 10.1. The second-order valence-corrected chi connectivity index (χ2v) is 8.51. The zero-order chi connectivity index (χ0) is 24.2. The molecule has 13 heteroatoms. The summed E-state index contributed by atoms with van der Waals surface area (Å²) in [5.74, 6) is -0.853. The summed E-state index contributed by atoms with van der Waals surface area (Å²) in [7, 11) is 4.46. The third-order valence-corrected chi connectivity index (χ3v) is 5.91. The summed E-state index contributed by atoms with van der Waals surface area (Å²) in [4.78, 5) is 26.4. The zero-order valence-corrected chi connectivity index (χ0v) is 19.8. The van der Waals surface area contributed by atoms with Gasteiger partial charge in [0.2, 0.25) is 0 Å². The number of aromatic nitrogens is 2. The van der Waals surface area contributed by atoms with Gasteiger partial charge in [-0.25, -0.2) is 4.79 Å². The van der Waals surface area contributed by atoms with Crippen LogP contribution < -0.4 is 10.6 Å². The van der Waals surface area contributed by atoms with E-state index in [1.807, 2.05) is 0 Å². The van der Waals surface area contributed by atoms with E-state index in [-0.39, 0.29) is 23.1 Å². The van der Waals surface area contributed by atoms with E-state index in [0.717, 1.165) is 17.4 Å². The molecule has 0 unspecified atom stereocenters. The van der Waals surface area contributed by atoms with Gasteiger partial charge in [0, 0.05) is 32.9 Å².